The Kier molecular flexibility index (Phi) is 6.03. The van der Waals surface area contributed by atoms with Crippen LogP contribution in [0.3, 0.4) is 0 Å². The average Bonchev–Trinajstić information content (AvgIpc) is 2.71. The van der Waals surface area contributed by atoms with Gasteiger partial charge in [-0.25, -0.2) is 0 Å². The maximum absolute atomic E-state index is 11.7. The topological polar surface area (TPSA) is 105 Å². The van der Waals surface area contributed by atoms with Crippen molar-refractivity contribution >= 4 is 17.5 Å². The molecule has 0 aliphatic carbocycles. The number of nitrogens with one attached hydrogen (secondary N) is 1. The van der Waals surface area contributed by atoms with E-state index in [2.05, 4.69) is 5.10 Å². The molecule has 0 radical (unpaired) electrons. The normalized spacial score (nSPS) is 11.8. The van der Waals surface area contributed by atoms with Crippen molar-refractivity contribution in [3.8, 4) is 0 Å². The van der Waals surface area contributed by atoms with Crippen LogP contribution in [-0.2, 0) is 20.9 Å². The van der Waals surface area contributed by atoms with Gasteiger partial charge in [-0.15, -0.1) is 0 Å². The molecule has 0 atom stereocenters. The minimum Gasteiger partial charge on any atom is -0.508 e. The van der Waals surface area contributed by atoms with Gasteiger partial charge in [0.05, 0.1) is 24.2 Å². The van der Waals surface area contributed by atoms with Crippen LogP contribution in [0, 0.1) is 19.3 Å². The molecule has 0 fully saturated rings. The summed E-state index contributed by atoms with van der Waals surface area (Å²) in [6.45, 7) is 6.36. The van der Waals surface area contributed by atoms with E-state index in [1.54, 1.807) is 4.68 Å². The van der Waals surface area contributed by atoms with E-state index >= 15 is 0 Å². The molecule has 7 heteroatoms. The quantitative estimate of drug-likeness (QED) is 0.346. The number of aliphatic hydroxyl groups is 1. The van der Waals surface area contributed by atoms with E-state index in [1.165, 1.54) is 13.8 Å². The molecule has 0 saturated carbocycles. The van der Waals surface area contributed by atoms with Crippen LogP contribution in [0.25, 0.3) is 0 Å². The van der Waals surface area contributed by atoms with Gasteiger partial charge in [0.15, 0.2) is 5.78 Å². The number of aryl methyl sites for hydroxylation is 3. The first-order chi connectivity index (χ1) is 10.2. The van der Waals surface area contributed by atoms with Gasteiger partial charge in [-0.05, 0) is 33.8 Å². The van der Waals surface area contributed by atoms with Crippen LogP contribution >= 0.6 is 0 Å². The molecule has 0 spiro atoms. The number of Topliss-reactive ketones (excluding diaryl/α,β-unsaturated/α-hetero) is 1. The van der Waals surface area contributed by atoms with Gasteiger partial charge in [-0.2, -0.15) is 5.10 Å². The third-order valence-electron chi connectivity index (χ3n) is 3.02. The highest BCUT2D eigenvalue weighted by Crippen LogP contribution is 2.07. The lowest BCUT2D eigenvalue weighted by atomic mass is 10.1. The highest BCUT2D eigenvalue weighted by Gasteiger charge is 2.15. The molecule has 120 valence electrons. The van der Waals surface area contributed by atoms with E-state index in [1.807, 2.05) is 19.9 Å². The first-order valence-electron chi connectivity index (χ1n) is 6.87. The van der Waals surface area contributed by atoms with E-state index in [0.29, 0.717) is 6.54 Å². The van der Waals surface area contributed by atoms with Crippen molar-refractivity contribution in [1.82, 2.24) is 9.78 Å². The third-order valence-corrected chi connectivity index (χ3v) is 3.02. The highest BCUT2D eigenvalue weighted by atomic mass is 16.5. The minimum atomic E-state index is -0.510. The van der Waals surface area contributed by atoms with Crippen molar-refractivity contribution in [2.24, 2.45) is 0 Å². The van der Waals surface area contributed by atoms with Gasteiger partial charge >= 0.3 is 5.97 Å². The summed E-state index contributed by atoms with van der Waals surface area (Å²) in [5.74, 6) is -1.35. The number of carbonyl (C=O) groups excluding carboxylic acids is 2. The molecule has 0 aliphatic rings. The van der Waals surface area contributed by atoms with Crippen LogP contribution in [0.2, 0.25) is 0 Å². The van der Waals surface area contributed by atoms with E-state index in [0.717, 1.165) is 11.4 Å². The molecule has 0 bridgehead atoms. The Morgan fingerprint density at radius 3 is 2.45 bits per heavy atom. The standard InChI is InChI=1S/C15H21N3O4/c1-9-7-10(2)18(17-9)6-5-14(21)22-8-13(20)15(11(3)16)12(4)19/h7,16,20H,5-6,8H2,1-4H3/b15-13-,16-11?. The SMILES string of the molecule is CC(=N)/C(C(C)=O)=C(/O)COC(=O)CCn1nc(C)cc1C. The van der Waals surface area contributed by atoms with Crippen LogP contribution in [0.1, 0.15) is 31.7 Å². The highest BCUT2D eigenvalue weighted by molar-refractivity contribution is 6.19. The number of nitrogens with zero attached hydrogens (tertiary/aromatic N) is 2. The molecule has 7 nitrogen and oxygen atoms in total. The maximum Gasteiger partial charge on any atom is 0.308 e. The number of allylic oxidation sites excluding steroid dienone is 1. The summed E-state index contributed by atoms with van der Waals surface area (Å²) in [6, 6.07) is 1.91. The maximum atomic E-state index is 11.7. The largest absolute Gasteiger partial charge is 0.508 e. The van der Waals surface area contributed by atoms with Crippen molar-refractivity contribution in [3.05, 3.63) is 28.8 Å². The van der Waals surface area contributed by atoms with Crippen molar-refractivity contribution < 1.29 is 19.4 Å². The summed E-state index contributed by atoms with van der Waals surface area (Å²) in [7, 11) is 0. The molecular formula is C15H21N3O4. The number of hydrogen-bond acceptors (Lipinski definition) is 6. The lowest BCUT2D eigenvalue weighted by Gasteiger charge is -2.08. The minimum absolute atomic E-state index is 0.0660. The predicted molar refractivity (Wildman–Crippen MR) is 81.0 cm³/mol. The average molecular weight is 307 g/mol. The van der Waals surface area contributed by atoms with Crippen LogP contribution < -0.4 is 0 Å². The van der Waals surface area contributed by atoms with Crippen LogP contribution in [0.4, 0.5) is 0 Å². The summed E-state index contributed by atoms with van der Waals surface area (Å²) < 4.78 is 6.62. The van der Waals surface area contributed by atoms with Gasteiger partial charge < -0.3 is 15.3 Å². The Bertz CT molecular complexity index is 613. The molecule has 0 aromatic carbocycles. The second-order valence-electron chi connectivity index (χ2n) is 5.06. The zero-order valence-electron chi connectivity index (χ0n) is 13.3. The van der Waals surface area contributed by atoms with Gasteiger partial charge in [-0.1, -0.05) is 0 Å². The second-order valence-corrected chi connectivity index (χ2v) is 5.06. The number of hydrogen-bond donors (Lipinski definition) is 2. The zero-order valence-corrected chi connectivity index (χ0v) is 13.3. The first-order valence-corrected chi connectivity index (χ1v) is 6.87. The smallest absolute Gasteiger partial charge is 0.308 e. The number of ketones is 1. The van der Waals surface area contributed by atoms with Gasteiger partial charge in [-0.3, -0.25) is 14.3 Å². The number of carbonyl (C=O) groups is 2. The first kappa shape index (κ1) is 17.6. The zero-order chi connectivity index (χ0) is 16.9. The lowest BCUT2D eigenvalue weighted by molar-refractivity contribution is -0.143. The van der Waals surface area contributed by atoms with Gasteiger partial charge in [0.25, 0.3) is 0 Å². The summed E-state index contributed by atoms with van der Waals surface area (Å²) in [6.07, 6.45) is 0.105. The summed E-state index contributed by atoms with van der Waals surface area (Å²) in [5, 5.41) is 21.4. The summed E-state index contributed by atoms with van der Waals surface area (Å²) in [5.41, 5.74) is 1.64. The Morgan fingerprint density at radius 1 is 1.36 bits per heavy atom. The van der Waals surface area contributed by atoms with E-state index in [9.17, 15) is 14.7 Å². The fourth-order valence-electron chi connectivity index (χ4n) is 2.08. The van der Waals surface area contributed by atoms with Gasteiger partial charge in [0.1, 0.15) is 12.4 Å². The molecule has 2 N–H and O–H groups in total. The Morgan fingerprint density at radius 2 is 2.00 bits per heavy atom. The molecule has 1 aromatic heterocycles. The third kappa shape index (κ3) is 4.83. The second kappa shape index (κ2) is 7.53. The molecule has 0 amide bonds. The lowest BCUT2D eigenvalue weighted by Crippen LogP contribution is -2.16. The Labute approximate surface area is 129 Å². The molecule has 1 heterocycles. The fourth-order valence-corrected chi connectivity index (χ4v) is 2.08. The van der Waals surface area contributed by atoms with Gasteiger partial charge in [0.2, 0.25) is 0 Å². The monoisotopic (exact) mass is 307 g/mol. The number of aromatic nitrogens is 2. The number of esters is 1. The summed E-state index contributed by atoms with van der Waals surface area (Å²) in [4.78, 5) is 23.0. The number of rotatable bonds is 7. The van der Waals surface area contributed by atoms with Crippen molar-refractivity contribution in [1.29, 1.82) is 5.41 Å². The molecule has 0 unspecified atom stereocenters. The van der Waals surface area contributed by atoms with Crippen molar-refractivity contribution in [2.75, 3.05) is 6.61 Å². The Hall–Kier alpha value is -2.44. The van der Waals surface area contributed by atoms with Gasteiger partial charge in [0, 0.05) is 11.4 Å². The fraction of sp³-hybridized carbons (Fsp3) is 0.467. The van der Waals surface area contributed by atoms with Crippen molar-refractivity contribution in [2.45, 2.75) is 40.7 Å². The van der Waals surface area contributed by atoms with E-state index in [4.69, 9.17) is 10.1 Å². The van der Waals surface area contributed by atoms with E-state index in [-0.39, 0.29) is 17.7 Å². The van der Waals surface area contributed by atoms with Crippen LogP contribution in [0.5, 0.6) is 0 Å². The predicted octanol–water partition coefficient (Wildman–Crippen LogP) is 1.87. The van der Waals surface area contributed by atoms with Crippen molar-refractivity contribution in [3.63, 3.8) is 0 Å². The molecule has 0 aliphatic heterocycles. The van der Waals surface area contributed by atoms with E-state index < -0.39 is 24.1 Å². The number of ether oxygens (including phenoxy) is 1. The van der Waals surface area contributed by atoms with Crippen LogP contribution in [-0.4, -0.2) is 39.0 Å². The Balaban J connectivity index is 2.56. The van der Waals surface area contributed by atoms with Crippen LogP contribution in [0.15, 0.2) is 17.4 Å². The number of aliphatic hydroxyl groups excluding tert-OH is 1. The molecule has 0 saturated heterocycles. The summed E-state index contributed by atoms with van der Waals surface area (Å²) >= 11 is 0. The molecular weight excluding hydrogens is 286 g/mol. The molecule has 1 rings (SSSR count). The molecule has 22 heavy (non-hydrogen) atoms. The molecule has 1 aromatic rings.